The number of aliphatic hydroxyl groups is 1. The van der Waals surface area contributed by atoms with E-state index in [1.807, 2.05) is 12.1 Å². The summed E-state index contributed by atoms with van der Waals surface area (Å²) in [5, 5.41) is 10.8. The van der Waals surface area contributed by atoms with Crippen molar-refractivity contribution in [1.82, 2.24) is 0 Å². The zero-order valence-electron chi connectivity index (χ0n) is 13.4. The van der Waals surface area contributed by atoms with Crippen molar-refractivity contribution in [2.75, 3.05) is 6.61 Å². The molecule has 1 heterocycles. The molecule has 0 amide bonds. The van der Waals surface area contributed by atoms with Crippen LogP contribution < -0.4 is 4.74 Å². The number of fused-ring (bicyclic) bond motifs is 1. The topological polar surface area (TPSA) is 29.5 Å². The summed E-state index contributed by atoms with van der Waals surface area (Å²) in [6, 6.07) is 6.19. The van der Waals surface area contributed by atoms with Crippen LogP contribution in [0.4, 0.5) is 0 Å². The second-order valence-electron chi connectivity index (χ2n) is 8.29. The number of aliphatic hydroxyl groups excluding tert-OH is 1. The lowest BCUT2D eigenvalue weighted by molar-refractivity contribution is 0.130. The first-order valence-electron chi connectivity index (χ1n) is 7.54. The van der Waals surface area contributed by atoms with Crippen molar-refractivity contribution < 1.29 is 9.84 Å². The van der Waals surface area contributed by atoms with Crippen molar-refractivity contribution in [3.63, 3.8) is 0 Å². The van der Waals surface area contributed by atoms with E-state index in [2.05, 4.69) is 47.6 Å². The summed E-state index contributed by atoms with van der Waals surface area (Å²) in [4.78, 5) is 0. The van der Waals surface area contributed by atoms with Gasteiger partial charge in [-0.1, -0.05) is 47.6 Å². The zero-order valence-corrected chi connectivity index (χ0v) is 13.4. The molecule has 1 aliphatic heterocycles. The molecule has 110 valence electrons. The van der Waals surface area contributed by atoms with E-state index in [0.29, 0.717) is 5.92 Å². The Hall–Kier alpha value is -1.02. The van der Waals surface area contributed by atoms with Crippen molar-refractivity contribution in [3.8, 4) is 5.75 Å². The maximum atomic E-state index is 10.8. The van der Waals surface area contributed by atoms with E-state index < -0.39 is 0 Å². The average Bonchev–Trinajstić information content (AvgIpc) is 2.62. The molecule has 1 aromatic carbocycles. The fraction of sp³-hybridized carbons (Fsp3) is 0.667. The van der Waals surface area contributed by atoms with Gasteiger partial charge in [0.25, 0.3) is 0 Å². The van der Waals surface area contributed by atoms with E-state index in [1.165, 1.54) is 5.56 Å². The highest BCUT2D eigenvalue weighted by Crippen LogP contribution is 2.72. The van der Waals surface area contributed by atoms with Crippen LogP contribution in [0, 0.1) is 16.7 Å². The Morgan fingerprint density at radius 3 is 2.25 bits per heavy atom. The number of rotatable bonds is 2. The van der Waals surface area contributed by atoms with Gasteiger partial charge in [0.05, 0.1) is 12.7 Å². The zero-order chi connectivity index (χ0) is 14.9. The summed E-state index contributed by atoms with van der Waals surface area (Å²) in [7, 11) is 0. The van der Waals surface area contributed by atoms with Gasteiger partial charge in [-0.05, 0) is 28.5 Å². The standard InChI is InChI=1S/C18H26O2/c1-16(2)10-20-13-8-7-11(9-12(13)16)14(19)15-17(3,4)18(15,5)6/h7-9,14-15,19H,10H2,1-6H3. The molecular weight excluding hydrogens is 248 g/mol. The minimum absolute atomic E-state index is 0.0413. The van der Waals surface area contributed by atoms with Gasteiger partial charge in [-0.3, -0.25) is 0 Å². The monoisotopic (exact) mass is 274 g/mol. The number of ether oxygens (including phenoxy) is 1. The van der Waals surface area contributed by atoms with Gasteiger partial charge in [0, 0.05) is 16.9 Å². The molecule has 1 atom stereocenters. The Morgan fingerprint density at radius 1 is 1.10 bits per heavy atom. The fourth-order valence-corrected chi connectivity index (χ4v) is 3.95. The average molecular weight is 274 g/mol. The number of benzene rings is 1. The highest BCUT2D eigenvalue weighted by atomic mass is 16.5. The number of hydrogen-bond acceptors (Lipinski definition) is 2. The van der Waals surface area contributed by atoms with E-state index in [-0.39, 0.29) is 22.3 Å². The van der Waals surface area contributed by atoms with Crippen LogP contribution in [0.5, 0.6) is 5.75 Å². The summed E-state index contributed by atoms with van der Waals surface area (Å²) < 4.78 is 5.72. The molecule has 1 saturated carbocycles. The lowest BCUT2D eigenvalue weighted by Crippen LogP contribution is -2.18. The predicted molar refractivity (Wildman–Crippen MR) is 81.0 cm³/mol. The van der Waals surface area contributed by atoms with Crippen LogP contribution in [0.15, 0.2) is 18.2 Å². The molecule has 0 aromatic heterocycles. The normalized spacial score (nSPS) is 26.8. The van der Waals surface area contributed by atoms with Crippen LogP contribution in [-0.2, 0) is 5.41 Å². The lowest BCUT2D eigenvalue weighted by Gasteiger charge is -2.18. The highest BCUT2D eigenvalue weighted by molar-refractivity contribution is 5.46. The van der Waals surface area contributed by atoms with Crippen LogP contribution in [-0.4, -0.2) is 11.7 Å². The fourth-order valence-electron chi connectivity index (χ4n) is 3.95. The second kappa shape index (κ2) is 3.79. The molecule has 2 nitrogen and oxygen atoms in total. The Labute approximate surface area is 122 Å². The summed E-state index contributed by atoms with van der Waals surface area (Å²) in [6.07, 6.45) is -0.387. The van der Waals surface area contributed by atoms with Gasteiger partial charge in [-0.2, -0.15) is 0 Å². The first kappa shape index (κ1) is 13.9. The minimum Gasteiger partial charge on any atom is -0.492 e. The molecule has 2 aliphatic rings. The Kier molecular flexibility index (Phi) is 2.64. The maximum absolute atomic E-state index is 10.8. The molecule has 1 aliphatic carbocycles. The van der Waals surface area contributed by atoms with Crippen molar-refractivity contribution in [2.45, 2.75) is 53.1 Å². The minimum atomic E-state index is -0.387. The molecular formula is C18H26O2. The highest BCUT2D eigenvalue weighted by Gasteiger charge is 2.67. The smallest absolute Gasteiger partial charge is 0.123 e. The molecule has 0 radical (unpaired) electrons. The van der Waals surface area contributed by atoms with Gasteiger partial charge >= 0.3 is 0 Å². The summed E-state index contributed by atoms with van der Waals surface area (Å²) in [5.41, 5.74) is 2.69. The first-order chi connectivity index (χ1) is 9.09. The molecule has 3 rings (SSSR count). The molecule has 0 bridgehead atoms. The maximum Gasteiger partial charge on any atom is 0.123 e. The lowest BCUT2D eigenvalue weighted by atomic mass is 9.85. The first-order valence-corrected chi connectivity index (χ1v) is 7.54. The van der Waals surface area contributed by atoms with E-state index in [4.69, 9.17) is 4.74 Å². The quantitative estimate of drug-likeness (QED) is 0.881. The molecule has 1 fully saturated rings. The molecule has 2 heteroatoms. The van der Waals surface area contributed by atoms with E-state index in [0.717, 1.165) is 17.9 Å². The summed E-state index contributed by atoms with van der Waals surface area (Å²) in [6.45, 7) is 14.1. The summed E-state index contributed by atoms with van der Waals surface area (Å²) in [5.74, 6) is 1.29. The second-order valence-corrected chi connectivity index (χ2v) is 8.29. The SMILES string of the molecule is CC1(C)COc2ccc(C(O)C3C(C)(C)C3(C)C)cc21. The van der Waals surface area contributed by atoms with Crippen LogP contribution in [0.1, 0.15) is 58.8 Å². The van der Waals surface area contributed by atoms with Gasteiger partial charge in [0.15, 0.2) is 0 Å². The van der Waals surface area contributed by atoms with Crippen LogP contribution >= 0.6 is 0 Å². The Balaban J connectivity index is 1.94. The van der Waals surface area contributed by atoms with Crippen LogP contribution in [0.3, 0.4) is 0 Å². The van der Waals surface area contributed by atoms with Gasteiger partial charge in [0.1, 0.15) is 5.75 Å². The van der Waals surface area contributed by atoms with Crippen molar-refractivity contribution in [3.05, 3.63) is 29.3 Å². The third-order valence-electron chi connectivity index (χ3n) is 6.11. The van der Waals surface area contributed by atoms with Crippen molar-refractivity contribution in [2.24, 2.45) is 16.7 Å². The van der Waals surface area contributed by atoms with E-state index >= 15 is 0 Å². The van der Waals surface area contributed by atoms with Gasteiger partial charge in [-0.15, -0.1) is 0 Å². The molecule has 1 aromatic rings. The molecule has 1 N–H and O–H groups in total. The molecule has 0 spiro atoms. The van der Waals surface area contributed by atoms with Crippen molar-refractivity contribution in [1.29, 1.82) is 0 Å². The predicted octanol–water partition coefficient (Wildman–Crippen LogP) is 4.07. The Morgan fingerprint density at radius 2 is 1.70 bits per heavy atom. The van der Waals surface area contributed by atoms with E-state index in [9.17, 15) is 5.11 Å². The van der Waals surface area contributed by atoms with Crippen molar-refractivity contribution >= 4 is 0 Å². The van der Waals surface area contributed by atoms with E-state index in [1.54, 1.807) is 0 Å². The van der Waals surface area contributed by atoms with Crippen LogP contribution in [0.25, 0.3) is 0 Å². The van der Waals surface area contributed by atoms with Gasteiger partial charge < -0.3 is 9.84 Å². The molecule has 0 saturated heterocycles. The number of hydrogen-bond donors (Lipinski definition) is 1. The Bertz CT molecular complexity index is 541. The molecule has 1 unspecified atom stereocenters. The largest absolute Gasteiger partial charge is 0.492 e. The van der Waals surface area contributed by atoms with Crippen LogP contribution in [0.2, 0.25) is 0 Å². The third kappa shape index (κ3) is 1.67. The van der Waals surface area contributed by atoms with Gasteiger partial charge in [-0.25, -0.2) is 0 Å². The molecule has 20 heavy (non-hydrogen) atoms. The summed E-state index contributed by atoms with van der Waals surface area (Å²) >= 11 is 0. The third-order valence-corrected chi connectivity index (χ3v) is 6.11. The van der Waals surface area contributed by atoms with Gasteiger partial charge in [0.2, 0.25) is 0 Å².